The van der Waals surface area contributed by atoms with E-state index in [2.05, 4.69) is 34.4 Å². The van der Waals surface area contributed by atoms with Gasteiger partial charge >= 0.3 is 0 Å². The normalized spacial score (nSPS) is 13.2. The van der Waals surface area contributed by atoms with Gasteiger partial charge in [0.15, 0.2) is 0 Å². The van der Waals surface area contributed by atoms with E-state index in [4.69, 9.17) is 0 Å². The molecular weight excluding hydrogens is 284 g/mol. The van der Waals surface area contributed by atoms with Crippen LogP contribution >= 0.6 is 11.3 Å². The lowest BCUT2D eigenvalue weighted by Crippen LogP contribution is -2.47. The highest BCUT2D eigenvalue weighted by atomic mass is 32.1. The maximum atomic E-state index is 12.2. The number of carbonyl (C=O) groups is 1. The van der Waals surface area contributed by atoms with Gasteiger partial charge in [0.2, 0.25) is 5.91 Å². The van der Waals surface area contributed by atoms with Crippen LogP contribution in [-0.2, 0) is 4.79 Å². The number of hydrogen-bond donors (Lipinski definition) is 2. The zero-order valence-corrected chi connectivity index (χ0v) is 14.2. The van der Waals surface area contributed by atoms with Gasteiger partial charge < -0.3 is 10.6 Å². The van der Waals surface area contributed by atoms with Crippen molar-refractivity contribution in [3.63, 3.8) is 0 Å². The van der Waals surface area contributed by atoms with E-state index in [1.807, 2.05) is 27.7 Å². The van der Waals surface area contributed by atoms with E-state index in [0.29, 0.717) is 0 Å². The summed E-state index contributed by atoms with van der Waals surface area (Å²) in [4.78, 5) is 23.0. The van der Waals surface area contributed by atoms with Crippen LogP contribution < -0.4 is 10.6 Å². The maximum Gasteiger partial charge on any atom is 0.242 e. The van der Waals surface area contributed by atoms with Gasteiger partial charge in [0.1, 0.15) is 23.0 Å². The zero-order chi connectivity index (χ0) is 15.8. The van der Waals surface area contributed by atoms with Crippen molar-refractivity contribution in [2.75, 3.05) is 5.32 Å². The molecule has 0 bridgehead atoms. The molecule has 0 saturated heterocycles. The van der Waals surface area contributed by atoms with Gasteiger partial charge in [0.25, 0.3) is 0 Å². The van der Waals surface area contributed by atoms with Crippen LogP contribution in [0.2, 0.25) is 0 Å². The number of carbonyl (C=O) groups excluding carboxylic acids is 1. The van der Waals surface area contributed by atoms with Gasteiger partial charge in [-0.2, -0.15) is 0 Å². The third-order valence-electron chi connectivity index (χ3n) is 3.21. The largest absolute Gasteiger partial charge is 0.358 e. The number of rotatable bonds is 3. The summed E-state index contributed by atoms with van der Waals surface area (Å²) in [5.41, 5.74) is 0.921. The van der Waals surface area contributed by atoms with Crippen LogP contribution in [0.5, 0.6) is 0 Å². The lowest BCUT2D eigenvalue weighted by atomic mass is 10.1. The number of thiophene rings is 1. The molecule has 21 heavy (non-hydrogen) atoms. The molecule has 0 aliphatic rings. The molecule has 1 unspecified atom stereocenters. The van der Waals surface area contributed by atoms with Gasteiger partial charge in [-0.1, -0.05) is 0 Å². The lowest BCUT2D eigenvalue weighted by Gasteiger charge is -2.24. The Kier molecular flexibility index (Phi) is 4.18. The molecule has 0 aliphatic heterocycles. The monoisotopic (exact) mass is 306 g/mol. The number of anilines is 1. The summed E-state index contributed by atoms with van der Waals surface area (Å²) in [6.45, 7) is 11.9. The fourth-order valence-corrected chi connectivity index (χ4v) is 3.04. The molecule has 0 spiro atoms. The van der Waals surface area contributed by atoms with E-state index in [9.17, 15) is 4.79 Å². The third-order valence-corrected chi connectivity index (χ3v) is 4.33. The van der Waals surface area contributed by atoms with E-state index >= 15 is 0 Å². The summed E-state index contributed by atoms with van der Waals surface area (Å²) < 4.78 is 0. The summed E-state index contributed by atoms with van der Waals surface area (Å²) in [5.74, 6) is 0.678. The van der Waals surface area contributed by atoms with E-state index in [-0.39, 0.29) is 17.5 Å². The van der Waals surface area contributed by atoms with Crippen LogP contribution in [0, 0.1) is 13.8 Å². The molecule has 2 heterocycles. The van der Waals surface area contributed by atoms with E-state index in [0.717, 1.165) is 16.0 Å². The van der Waals surface area contributed by atoms with Crippen molar-refractivity contribution in [3.05, 3.63) is 16.8 Å². The van der Waals surface area contributed by atoms with Crippen LogP contribution in [-0.4, -0.2) is 27.5 Å². The Labute approximate surface area is 129 Å². The highest BCUT2D eigenvalue weighted by molar-refractivity contribution is 7.18. The SMILES string of the molecule is Cc1sc2ncnc(NC(C)C(=O)NC(C)(C)C)c2c1C. The van der Waals surface area contributed by atoms with Gasteiger partial charge in [-0.3, -0.25) is 4.79 Å². The predicted molar refractivity (Wildman–Crippen MR) is 87.9 cm³/mol. The second-order valence-corrected chi connectivity index (χ2v) is 7.49. The van der Waals surface area contributed by atoms with Crippen molar-refractivity contribution in [2.45, 2.75) is 53.1 Å². The molecule has 2 aromatic rings. The summed E-state index contributed by atoms with van der Waals surface area (Å²) in [6.07, 6.45) is 1.54. The van der Waals surface area contributed by atoms with Gasteiger partial charge in [-0.05, 0) is 47.1 Å². The molecule has 0 aromatic carbocycles. The molecule has 2 rings (SSSR count). The number of aryl methyl sites for hydroxylation is 2. The standard InChI is InChI=1S/C15H22N4OS/c1-8-10(3)21-14-11(8)12(16-7-17-14)18-9(2)13(20)19-15(4,5)6/h7,9H,1-6H3,(H,19,20)(H,16,17,18). The van der Waals surface area contributed by atoms with Crippen LogP contribution in [0.1, 0.15) is 38.1 Å². The summed E-state index contributed by atoms with van der Waals surface area (Å²) >= 11 is 1.65. The summed E-state index contributed by atoms with van der Waals surface area (Å²) in [7, 11) is 0. The fraction of sp³-hybridized carbons (Fsp3) is 0.533. The van der Waals surface area contributed by atoms with Gasteiger partial charge in [-0.15, -0.1) is 11.3 Å². The molecule has 114 valence electrons. The Morgan fingerprint density at radius 3 is 2.57 bits per heavy atom. The molecule has 0 radical (unpaired) electrons. The molecule has 0 saturated carbocycles. The van der Waals surface area contributed by atoms with Crippen molar-refractivity contribution in [1.82, 2.24) is 15.3 Å². The molecule has 0 fully saturated rings. The maximum absolute atomic E-state index is 12.2. The highest BCUT2D eigenvalue weighted by Crippen LogP contribution is 2.32. The number of amides is 1. The minimum Gasteiger partial charge on any atom is -0.358 e. The lowest BCUT2D eigenvalue weighted by molar-refractivity contribution is -0.122. The molecular formula is C15H22N4OS. The Hall–Kier alpha value is -1.69. The van der Waals surface area contributed by atoms with E-state index in [1.54, 1.807) is 11.3 Å². The minimum atomic E-state index is -0.359. The summed E-state index contributed by atoms with van der Waals surface area (Å²) in [6, 6.07) is -0.359. The van der Waals surface area contributed by atoms with E-state index < -0.39 is 0 Å². The molecule has 1 atom stereocenters. The first-order valence-corrected chi connectivity index (χ1v) is 7.80. The first-order chi connectivity index (χ1) is 9.69. The molecule has 5 nitrogen and oxygen atoms in total. The average molecular weight is 306 g/mol. The second-order valence-electron chi connectivity index (χ2n) is 6.29. The quantitative estimate of drug-likeness (QED) is 0.914. The minimum absolute atomic E-state index is 0.0427. The van der Waals surface area contributed by atoms with Crippen molar-refractivity contribution >= 4 is 33.3 Å². The molecule has 0 aliphatic carbocycles. The predicted octanol–water partition coefficient (Wildman–Crippen LogP) is 3.02. The molecule has 1 amide bonds. The fourth-order valence-electron chi connectivity index (χ4n) is 2.04. The molecule has 6 heteroatoms. The first-order valence-electron chi connectivity index (χ1n) is 6.98. The number of aromatic nitrogens is 2. The number of nitrogens with one attached hydrogen (secondary N) is 2. The Morgan fingerprint density at radius 1 is 1.29 bits per heavy atom. The van der Waals surface area contributed by atoms with Crippen LogP contribution in [0.15, 0.2) is 6.33 Å². The Bertz CT molecular complexity index is 672. The number of hydrogen-bond acceptors (Lipinski definition) is 5. The number of nitrogens with zero attached hydrogens (tertiary/aromatic N) is 2. The van der Waals surface area contributed by atoms with Crippen molar-refractivity contribution < 1.29 is 4.79 Å². The van der Waals surface area contributed by atoms with Crippen LogP contribution in [0.3, 0.4) is 0 Å². The zero-order valence-electron chi connectivity index (χ0n) is 13.4. The second kappa shape index (κ2) is 5.60. The average Bonchev–Trinajstić information content (AvgIpc) is 2.64. The van der Waals surface area contributed by atoms with Crippen molar-refractivity contribution in [2.24, 2.45) is 0 Å². The van der Waals surface area contributed by atoms with Gasteiger partial charge in [-0.25, -0.2) is 9.97 Å². The smallest absolute Gasteiger partial charge is 0.242 e. The Morgan fingerprint density at radius 2 is 1.95 bits per heavy atom. The van der Waals surface area contributed by atoms with Crippen LogP contribution in [0.4, 0.5) is 5.82 Å². The van der Waals surface area contributed by atoms with E-state index in [1.165, 1.54) is 16.8 Å². The van der Waals surface area contributed by atoms with Crippen molar-refractivity contribution in [3.8, 4) is 0 Å². The van der Waals surface area contributed by atoms with Gasteiger partial charge in [0.05, 0.1) is 5.39 Å². The Balaban J connectivity index is 2.26. The third kappa shape index (κ3) is 3.50. The topological polar surface area (TPSA) is 66.9 Å². The number of fused-ring (bicyclic) bond motifs is 1. The van der Waals surface area contributed by atoms with Gasteiger partial charge in [0, 0.05) is 10.4 Å². The van der Waals surface area contributed by atoms with Crippen molar-refractivity contribution in [1.29, 1.82) is 0 Å². The molecule has 2 aromatic heterocycles. The van der Waals surface area contributed by atoms with Crippen LogP contribution in [0.25, 0.3) is 10.2 Å². The summed E-state index contributed by atoms with van der Waals surface area (Å²) in [5, 5.41) is 7.18. The molecule has 2 N–H and O–H groups in total. The first kappa shape index (κ1) is 15.7. The highest BCUT2D eigenvalue weighted by Gasteiger charge is 2.21.